The molecule has 1 aromatic rings. The van der Waals surface area contributed by atoms with E-state index in [1.807, 2.05) is 31.2 Å². The van der Waals surface area contributed by atoms with Gasteiger partial charge < -0.3 is 10.2 Å². The van der Waals surface area contributed by atoms with Crippen molar-refractivity contribution in [1.82, 2.24) is 4.90 Å². The lowest BCUT2D eigenvalue weighted by molar-refractivity contribution is -0.128. The fraction of sp³-hybridized carbons (Fsp3) is 0.500. The summed E-state index contributed by atoms with van der Waals surface area (Å²) in [7, 11) is 0. The van der Waals surface area contributed by atoms with Crippen molar-refractivity contribution in [1.29, 1.82) is 0 Å². The lowest BCUT2D eigenvalue weighted by Gasteiger charge is -2.16. The molecule has 4 heteroatoms. The Kier molecular flexibility index (Phi) is 4.42. The van der Waals surface area contributed by atoms with E-state index in [0.29, 0.717) is 25.4 Å². The maximum absolute atomic E-state index is 12.3. The quantitative estimate of drug-likeness (QED) is 0.917. The minimum absolute atomic E-state index is 0.0533. The van der Waals surface area contributed by atoms with Crippen LogP contribution in [0.3, 0.4) is 0 Å². The summed E-state index contributed by atoms with van der Waals surface area (Å²) in [6.45, 7) is 7.34. The van der Waals surface area contributed by atoms with Crippen LogP contribution in [-0.4, -0.2) is 29.8 Å². The smallest absolute Gasteiger partial charge is 0.229 e. The van der Waals surface area contributed by atoms with Gasteiger partial charge in [-0.15, -0.1) is 0 Å². The van der Waals surface area contributed by atoms with E-state index in [-0.39, 0.29) is 17.7 Å². The number of likely N-dealkylation sites (tertiary alicyclic amines) is 1. The zero-order chi connectivity index (χ0) is 14.7. The molecule has 1 aliphatic rings. The Bertz CT molecular complexity index is 511. The Hall–Kier alpha value is -1.84. The molecule has 1 N–H and O–H groups in total. The number of nitrogens with one attached hydrogen (secondary N) is 1. The van der Waals surface area contributed by atoms with Crippen LogP contribution in [0.4, 0.5) is 5.69 Å². The zero-order valence-electron chi connectivity index (χ0n) is 12.3. The number of anilines is 1. The van der Waals surface area contributed by atoms with Crippen molar-refractivity contribution in [2.45, 2.75) is 33.1 Å². The second-order valence-electron chi connectivity index (χ2n) is 5.56. The van der Waals surface area contributed by atoms with Crippen LogP contribution in [0.5, 0.6) is 0 Å². The van der Waals surface area contributed by atoms with Gasteiger partial charge >= 0.3 is 0 Å². The first kappa shape index (κ1) is 14.6. The number of hydrogen-bond acceptors (Lipinski definition) is 2. The highest BCUT2D eigenvalue weighted by Crippen LogP contribution is 2.25. The van der Waals surface area contributed by atoms with E-state index in [4.69, 9.17) is 0 Å². The van der Waals surface area contributed by atoms with Gasteiger partial charge in [0.2, 0.25) is 11.8 Å². The van der Waals surface area contributed by atoms with Gasteiger partial charge in [-0.3, -0.25) is 9.59 Å². The van der Waals surface area contributed by atoms with Crippen molar-refractivity contribution in [2.75, 3.05) is 18.4 Å². The molecular formula is C16H22N2O2. The Morgan fingerprint density at radius 2 is 2.10 bits per heavy atom. The van der Waals surface area contributed by atoms with Gasteiger partial charge in [0.25, 0.3) is 0 Å². The predicted octanol–water partition coefficient (Wildman–Crippen LogP) is 2.62. The van der Waals surface area contributed by atoms with Crippen molar-refractivity contribution >= 4 is 17.5 Å². The summed E-state index contributed by atoms with van der Waals surface area (Å²) in [5, 5.41) is 2.98. The van der Waals surface area contributed by atoms with E-state index in [9.17, 15) is 9.59 Å². The molecule has 1 atom stereocenters. The second-order valence-corrected chi connectivity index (χ2v) is 5.56. The lowest BCUT2D eigenvalue weighted by atomic mass is 10.0. The van der Waals surface area contributed by atoms with Crippen LogP contribution in [0.2, 0.25) is 0 Å². The van der Waals surface area contributed by atoms with Crippen LogP contribution in [0.15, 0.2) is 24.3 Å². The number of carbonyl (C=O) groups is 2. The molecule has 108 valence electrons. The van der Waals surface area contributed by atoms with Crippen LogP contribution < -0.4 is 5.32 Å². The SMILES string of the molecule is CCN1CC(C(=O)Nc2ccccc2C(C)C)CC1=O. The van der Waals surface area contributed by atoms with Crippen LogP contribution in [0.1, 0.15) is 38.7 Å². The number of amides is 2. The molecule has 0 aromatic heterocycles. The second kappa shape index (κ2) is 6.07. The van der Waals surface area contributed by atoms with Gasteiger partial charge in [0.1, 0.15) is 0 Å². The summed E-state index contributed by atoms with van der Waals surface area (Å²) in [5.41, 5.74) is 1.98. The number of hydrogen-bond donors (Lipinski definition) is 1. The molecule has 0 spiro atoms. The molecule has 1 aromatic carbocycles. The monoisotopic (exact) mass is 274 g/mol. The normalized spacial score (nSPS) is 18.7. The molecule has 1 fully saturated rings. The molecule has 0 aliphatic carbocycles. The summed E-state index contributed by atoms with van der Waals surface area (Å²) < 4.78 is 0. The van der Waals surface area contributed by atoms with Crippen molar-refractivity contribution in [3.63, 3.8) is 0 Å². The van der Waals surface area contributed by atoms with Gasteiger partial charge in [-0.1, -0.05) is 32.0 Å². The molecule has 0 radical (unpaired) electrons. The number of benzene rings is 1. The van der Waals surface area contributed by atoms with E-state index in [1.165, 1.54) is 0 Å². The first-order valence-corrected chi connectivity index (χ1v) is 7.20. The highest BCUT2D eigenvalue weighted by atomic mass is 16.2. The summed E-state index contributed by atoms with van der Waals surface area (Å²) in [6, 6.07) is 7.84. The first-order valence-electron chi connectivity index (χ1n) is 7.20. The van der Waals surface area contributed by atoms with Crippen LogP contribution in [0.25, 0.3) is 0 Å². The lowest BCUT2D eigenvalue weighted by Crippen LogP contribution is -2.28. The molecule has 1 unspecified atom stereocenters. The summed E-state index contributed by atoms with van der Waals surface area (Å²) in [4.78, 5) is 25.7. The van der Waals surface area contributed by atoms with Gasteiger partial charge in [0.05, 0.1) is 5.92 Å². The topological polar surface area (TPSA) is 49.4 Å². The molecule has 4 nitrogen and oxygen atoms in total. The molecule has 2 rings (SSSR count). The maximum atomic E-state index is 12.3. The summed E-state index contributed by atoms with van der Waals surface area (Å²) in [5.74, 6) is 0.138. The van der Waals surface area contributed by atoms with E-state index < -0.39 is 0 Å². The Balaban J connectivity index is 2.08. The highest BCUT2D eigenvalue weighted by Gasteiger charge is 2.33. The average Bonchev–Trinajstić information content (AvgIpc) is 2.80. The number of carbonyl (C=O) groups excluding carboxylic acids is 2. The molecule has 1 saturated heterocycles. The standard InChI is InChI=1S/C16H22N2O2/c1-4-18-10-12(9-15(18)19)16(20)17-14-8-6-5-7-13(14)11(2)3/h5-8,11-12H,4,9-10H2,1-3H3,(H,17,20). The predicted molar refractivity (Wildman–Crippen MR) is 79.5 cm³/mol. The third kappa shape index (κ3) is 3.00. The molecule has 0 saturated carbocycles. The van der Waals surface area contributed by atoms with Crippen LogP contribution >= 0.6 is 0 Å². The van der Waals surface area contributed by atoms with Crippen molar-refractivity contribution in [3.8, 4) is 0 Å². The molecule has 20 heavy (non-hydrogen) atoms. The first-order chi connectivity index (χ1) is 9.52. The summed E-state index contributed by atoms with van der Waals surface area (Å²) >= 11 is 0. The van der Waals surface area contributed by atoms with Crippen molar-refractivity contribution < 1.29 is 9.59 Å². The highest BCUT2D eigenvalue weighted by molar-refractivity contribution is 5.97. The number of rotatable bonds is 4. The van der Waals surface area contributed by atoms with Gasteiger partial charge in [-0.2, -0.15) is 0 Å². The fourth-order valence-electron chi connectivity index (χ4n) is 2.60. The van der Waals surface area contributed by atoms with Crippen LogP contribution in [-0.2, 0) is 9.59 Å². The zero-order valence-corrected chi connectivity index (χ0v) is 12.3. The minimum Gasteiger partial charge on any atom is -0.342 e. The van der Waals surface area contributed by atoms with Gasteiger partial charge in [0.15, 0.2) is 0 Å². The Labute approximate surface area is 120 Å². The fourth-order valence-corrected chi connectivity index (χ4v) is 2.60. The molecule has 0 bridgehead atoms. The maximum Gasteiger partial charge on any atom is 0.229 e. The third-order valence-corrected chi connectivity index (χ3v) is 3.81. The van der Waals surface area contributed by atoms with Crippen molar-refractivity contribution in [3.05, 3.63) is 29.8 Å². The molecule has 1 heterocycles. The molecule has 2 amide bonds. The summed E-state index contributed by atoms with van der Waals surface area (Å²) in [6.07, 6.45) is 0.323. The Morgan fingerprint density at radius 3 is 2.70 bits per heavy atom. The number of nitrogens with zero attached hydrogens (tertiary/aromatic N) is 1. The average molecular weight is 274 g/mol. The largest absolute Gasteiger partial charge is 0.342 e. The minimum atomic E-state index is -0.234. The van der Waals surface area contributed by atoms with E-state index >= 15 is 0 Å². The van der Waals surface area contributed by atoms with Gasteiger partial charge in [0, 0.05) is 25.2 Å². The van der Waals surface area contributed by atoms with Gasteiger partial charge in [-0.25, -0.2) is 0 Å². The van der Waals surface area contributed by atoms with Crippen molar-refractivity contribution in [2.24, 2.45) is 5.92 Å². The third-order valence-electron chi connectivity index (χ3n) is 3.81. The van der Waals surface area contributed by atoms with E-state index in [2.05, 4.69) is 19.2 Å². The molecular weight excluding hydrogens is 252 g/mol. The van der Waals surface area contributed by atoms with E-state index in [1.54, 1.807) is 4.90 Å². The molecule has 1 aliphatic heterocycles. The Morgan fingerprint density at radius 1 is 1.40 bits per heavy atom. The van der Waals surface area contributed by atoms with E-state index in [0.717, 1.165) is 11.3 Å². The van der Waals surface area contributed by atoms with Gasteiger partial charge in [-0.05, 0) is 24.5 Å². The van der Waals surface area contributed by atoms with Crippen LogP contribution in [0, 0.1) is 5.92 Å². The number of para-hydroxylation sites is 1.